The van der Waals surface area contributed by atoms with E-state index in [-0.39, 0.29) is 5.54 Å². The molecule has 0 amide bonds. The first-order valence-corrected chi connectivity index (χ1v) is 9.66. The summed E-state index contributed by atoms with van der Waals surface area (Å²) in [6.45, 7) is 12.9. The molecule has 6 nitrogen and oxygen atoms in total. The van der Waals surface area contributed by atoms with Crippen LogP contribution in [0.5, 0.6) is 0 Å². The number of benzene rings is 1. The third kappa shape index (κ3) is 5.13. The SMILES string of the molecule is CC1=CNCC(c2cccc(CN3CCN(C(C)(C)CN=[N+]=[N-])CC3)c2)=C1. The van der Waals surface area contributed by atoms with Gasteiger partial charge in [0.15, 0.2) is 0 Å². The molecule has 0 saturated carbocycles. The predicted octanol–water partition coefficient (Wildman–Crippen LogP) is 3.78. The second-order valence-corrected chi connectivity index (χ2v) is 8.10. The maximum atomic E-state index is 8.59. The standard InChI is InChI=1S/C21H30N6/c1-17-11-20(14-23-13-17)19-6-4-5-18(12-19)15-26-7-9-27(10-8-26)21(2,3)16-24-25-22/h4-6,11-13,23H,7-10,14-16H2,1-3H3. The lowest BCUT2D eigenvalue weighted by Gasteiger charge is -2.43. The van der Waals surface area contributed by atoms with Crippen molar-refractivity contribution >= 4 is 5.57 Å². The van der Waals surface area contributed by atoms with Crippen LogP contribution in [0.4, 0.5) is 0 Å². The highest BCUT2D eigenvalue weighted by atomic mass is 15.3. The van der Waals surface area contributed by atoms with Crippen molar-refractivity contribution < 1.29 is 0 Å². The predicted molar refractivity (Wildman–Crippen MR) is 111 cm³/mol. The molecule has 2 aliphatic rings. The van der Waals surface area contributed by atoms with Gasteiger partial charge in [0.1, 0.15) is 0 Å². The van der Waals surface area contributed by atoms with E-state index in [2.05, 4.69) is 82.5 Å². The molecule has 0 aliphatic carbocycles. The lowest BCUT2D eigenvalue weighted by atomic mass is 9.99. The number of azide groups is 1. The zero-order valence-electron chi connectivity index (χ0n) is 16.6. The third-order valence-corrected chi connectivity index (χ3v) is 5.48. The second kappa shape index (κ2) is 8.61. The first-order chi connectivity index (χ1) is 13.0. The van der Waals surface area contributed by atoms with Gasteiger partial charge in [0.25, 0.3) is 0 Å². The third-order valence-electron chi connectivity index (χ3n) is 5.48. The number of nitrogens with one attached hydrogen (secondary N) is 1. The molecule has 0 unspecified atom stereocenters. The van der Waals surface area contributed by atoms with Crippen molar-refractivity contribution in [3.63, 3.8) is 0 Å². The van der Waals surface area contributed by atoms with Crippen LogP contribution >= 0.6 is 0 Å². The van der Waals surface area contributed by atoms with Crippen LogP contribution in [0.15, 0.2) is 47.2 Å². The van der Waals surface area contributed by atoms with Crippen LogP contribution in [-0.4, -0.2) is 54.6 Å². The molecule has 0 aromatic heterocycles. The van der Waals surface area contributed by atoms with Crippen molar-refractivity contribution in [1.29, 1.82) is 0 Å². The van der Waals surface area contributed by atoms with E-state index >= 15 is 0 Å². The van der Waals surface area contributed by atoms with E-state index in [9.17, 15) is 0 Å². The van der Waals surface area contributed by atoms with Gasteiger partial charge in [-0.2, -0.15) is 0 Å². The van der Waals surface area contributed by atoms with Crippen molar-refractivity contribution in [3.8, 4) is 0 Å². The summed E-state index contributed by atoms with van der Waals surface area (Å²) in [5.41, 5.74) is 13.8. The van der Waals surface area contributed by atoms with Crippen molar-refractivity contribution in [1.82, 2.24) is 15.1 Å². The van der Waals surface area contributed by atoms with E-state index in [0.717, 1.165) is 39.3 Å². The molecule has 1 N–H and O–H groups in total. The Morgan fingerprint density at radius 3 is 2.70 bits per heavy atom. The maximum absolute atomic E-state index is 8.59. The highest BCUT2D eigenvalue weighted by molar-refractivity contribution is 5.71. The van der Waals surface area contributed by atoms with Crippen molar-refractivity contribution in [2.45, 2.75) is 32.9 Å². The van der Waals surface area contributed by atoms with E-state index in [1.165, 1.54) is 22.3 Å². The van der Waals surface area contributed by atoms with Gasteiger partial charge in [0.05, 0.1) is 0 Å². The Kier molecular flexibility index (Phi) is 6.22. The fourth-order valence-electron chi connectivity index (χ4n) is 3.82. The molecule has 0 bridgehead atoms. The van der Waals surface area contributed by atoms with E-state index in [1.54, 1.807) is 0 Å². The van der Waals surface area contributed by atoms with E-state index in [0.29, 0.717) is 6.54 Å². The van der Waals surface area contributed by atoms with Gasteiger partial charge in [-0.3, -0.25) is 9.80 Å². The summed E-state index contributed by atoms with van der Waals surface area (Å²) in [5, 5.41) is 7.12. The highest BCUT2D eigenvalue weighted by Gasteiger charge is 2.29. The fraction of sp³-hybridized carbons (Fsp3) is 0.524. The summed E-state index contributed by atoms with van der Waals surface area (Å²) in [6, 6.07) is 8.91. The zero-order chi connectivity index (χ0) is 19.3. The van der Waals surface area contributed by atoms with Gasteiger partial charge in [0.2, 0.25) is 0 Å². The average Bonchev–Trinajstić information content (AvgIpc) is 2.67. The summed E-state index contributed by atoms with van der Waals surface area (Å²) < 4.78 is 0. The summed E-state index contributed by atoms with van der Waals surface area (Å²) in [4.78, 5) is 7.86. The number of dihydropyridines is 1. The quantitative estimate of drug-likeness (QED) is 0.473. The molecule has 27 heavy (non-hydrogen) atoms. The van der Waals surface area contributed by atoms with Gasteiger partial charge in [-0.25, -0.2) is 0 Å². The summed E-state index contributed by atoms with van der Waals surface area (Å²) in [5.74, 6) is 0. The van der Waals surface area contributed by atoms with Crippen LogP contribution in [-0.2, 0) is 6.54 Å². The van der Waals surface area contributed by atoms with Gasteiger partial charge in [-0.1, -0.05) is 35.5 Å². The zero-order valence-corrected chi connectivity index (χ0v) is 16.6. The van der Waals surface area contributed by atoms with E-state index in [4.69, 9.17) is 5.53 Å². The molecule has 0 radical (unpaired) electrons. The molecule has 1 aromatic carbocycles. The minimum absolute atomic E-state index is 0.0793. The molecule has 3 rings (SSSR count). The first kappa shape index (κ1) is 19.5. The van der Waals surface area contributed by atoms with Gasteiger partial charge >= 0.3 is 0 Å². The van der Waals surface area contributed by atoms with E-state index < -0.39 is 0 Å². The second-order valence-electron chi connectivity index (χ2n) is 8.10. The fourth-order valence-corrected chi connectivity index (χ4v) is 3.82. The van der Waals surface area contributed by atoms with Crippen LogP contribution in [0.3, 0.4) is 0 Å². The number of nitrogens with zero attached hydrogens (tertiary/aromatic N) is 5. The van der Waals surface area contributed by atoms with Gasteiger partial charge in [-0.15, -0.1) is 0 Å². The molecular formula is C21H30N6. The molecule has 2 heterocycles. The number of rotatable bonds is 6. The molecule has 144 valence electrons. The molecule has 1 fully saturated rings. The van der Waals surface area contributed by atoms with Gasteiger partial charge in [-0.05, 0) is 54.8 Å². The normalized spacial score (nSPS) is 18.9. The summed E-state index contributed by atoms with van der Waals surface area (Å²) in [6.07, 6.45) is 4.33. The van der Waals surface area contributed by atoms with Crippen molar-refractivity contribution in [2.24, 2.45) is 5.11 Å². The smallest absolute Gasteiger partial charge is 0.0437 e. The average molecular weight is 367 g/mol. The van der Waals surface area contributed by atoms with Crippen LogP contribution in [0.1, 0.15) is 31.9 Å². The van der Waals surface area contributed by atoms with Gasteiger partial charge in [0, 0.05) is 56.3 Å². The van der Waals surface area contributed by atoms with Crippen LogP contribution in [0.25, 0.3) is 16.0 Å². The lowest BCUT2D eigenvalue weighted by molar-refractivity contribution is 0.0538. The topological polar surface area (TPSA) is 67.3 Å². The monoisotopic (exact) mass is 366 g/mol. The molecule has 6 heteroatoms. The van der Waals surface area contributed by atoms with Crippen LogP contribution < -0.4 is 5.32 Å². The van der Waals surface area contributed by atoms with E-state index in [1.807, 2.05) is 0 Å². The Morgan fingerprint density at radius 1 is 1.22 bits per heavy atom. The molecule has 1 saturated heterocycles. The number of hydrogen-bond donors (Lipinski definition) is 1. The molecule has 0 spiro atoms. The molecule has 0 atom stereocenters. The first-order valence-electron chi connectivity index (χ1n) is 9.66. The molecule has 2 aliphatic heterocycles. The van der Waals surface area contributed by atoms with Crippen LogP contribution in [0.2, 0.25) is 0 Å². The molecule has 1 aromatic rings. The maximum Gasteiger partial charge on any atom is 0.0437 e. The number of piperazine rings is 1. The minimum atomic E-state index is -0.0793. The Labute approximate surface area is 162 Å². The van der Waals surface area contributed by atoms with Crippen molar-refractivity contribution in [3.05, 3.63) is 63.7 Å². The summed E-state index contributed by atoms with van der Waals surface area (Å²) in [7, 11) is 0. The number of allylic oxidation sites excluding steroid dienone is 2. The molecular weight excluding hydrogens is 336 g/mol. The Hall–Kier alpha value is -2.27. The minimum Gasteiger partial charge on any atom is -0.387 e. The van der Waals surface area contributed by atoms with Crippen LogP contribution in [0, 0.1) is 0 Å². The lowest BCUT2D eigenvalue weighted by Crippen LogP contribution is -2.55. The largest absolute Gasteiger partial charge is 0.387 e. The number of hydrogen-bond acceptors (Lipinski definition) is 4. The Morgan fingerprint density at radius 2 is 2.00 bits per heavy atom. The van der Waals surface area contributed by atoms with Gasteiger partial charge < -0.3 is 5.32 Å². The highest BCUT2D eigenvalue weighted by Crippen LogP contribution is 2.22. The summed E-state index contributed by atoms with van der Waals surface area (Å²) >= 11 is 0. The van der Waals surface area contributed by atoms with Crippen molar-refractivity contribution in [2.75, 3.05) is 39.3 Å². The Bertz CT molecular complexity index is 765. The Balaban J connectivity index is 1.59.